The number of hydrogen-bond donors (Lipinski definition) is 0. The topological polar surface area (TPSA) is 26.3 Å². The Balaban J connectivity index is 0.00000166. The molecule has 1 heterocycles. The molecule has 1 aromatic heterocycles. The van der Waals surface area contributed by atoms with Crippen LogP contribution >= 0.6 is 11.3 Å². The van der Waals surface area contributed by atoms with Crippen LogP contribution in [0.25, 0.3) is 11.6 Å². The van der Waals surface area contributed by atoms with Crippen molar-refractivity contribution in [2.75, 3.05) is 0 Å². The van der Waals surface area contributed by atoms with Crippen LogP contribution in [0.15, 0.2) is 24.3 Å². The molecule has 0 saturated heterocycles. The van der Waals surface area contributed by atoms with Crippen molar-refractivity contribution >= 4 is 28.8 Å². The van der Waals surface area contributed by atoms with Gasteiger partial charge in [0.2, 0.25) is 0 Å². The van der Waals surface area contributed by atoms with E-state index in [1.807, 2.05) is 20.8 Å². The average Bonchev–Trinajstić information content (AvgIpc) is 3.42. The number of carbonyl (C=O) groups is 1. The Morgan fingerprint density at radius 1 is 1.12 bits per heavy atom. The van der Waals surface area contributed by atoms with Crippen LogP contribution in [0.3, 0.4) is 0 Å². The van der Waals surface area contributed by atoms with Crippen molar-refractivity contribution in [3.8, 4) is 5.75 Å². The number of aryl methyl sites for hydroxylation is 2. The Morgan fingerprint density at radius 3 is 2.34 bits per heavy atom. The lowest BCUT2D eigenvalue weighted by molar-refractivity contribution is 0.0931. The monoisotopic (exact) mass is 456 g/mol. The third-order valence-corrected chi connectivity index (χ3v) is 7.29. The third kappa shape index (κ3) is 7.07. The van der Waals surface area contributed by atoms with Crippen molar-refractivity contribution in [1.29, 1.82) is 0 Å². The number of rotatable bonds is 8. The molecule has 1 aliphatic carbocycles. The van der Waals surface area contributed by atoms with E-state index in [4.69, 9.17) is 4.74 Å². The fourth-order valence-electron chi connectivity index (χ4n) is 3.99. The van der Waals surface area contributed by atoms with Gasteiger partial charge >= 0.3 is 0 Å². The Labute approximate surface area is 201 Å². The summed E-state index contributed by atoms with van der Waals surface area (Å²) in [6.07, 6.45) is 9.42. The number of ether oxygens (including phenoxy) is 1. The highest BCUT2D eigenvalue weighted by Gasteiger charge is 2.18. The van der Waals surface area contributed by atoms with Crippen molar-refractivity contribution in [3.05, 3.63) is 50.7 Å². The molecule has 0 amide bonds. The van der Waals surface area contributed by atoms with Gasteiger partial charge in [-0.2, -0.15) is 0 Å². The zero-order valence-electron chi connectivity index (χ0n) is 20.5. The Bertz CT molecular complexity index is 885. The summed E-state index contributed by atoms with van der Waals surface area (Å²) >= 11 is 1.63. The normalized spacial score (nSPS) is 14.9. The molecule has 1 fully saturated rings. The third-order valence-electron chi connectivity index (χ3n) is 6.09. The molecule has 0 radical (unpaired) electrons. The van der Waals surface area contributed by atoms with Crippen LogP contribution in [0.5, 0.6) is 5.75 Å². The molecule has 178 valence electrons. The maximum atomic E-state index is 12.6. The number of thiophene rings is 1. The summed E-state index contributed by atoms with van der Waals surface area (Å²) in [4.78, 5) is 14.7. The van der Waals surface area contributed by atoms with Crippen molar-refractivity contribution in [2.24, 2.45) is 5.92 Å². The van der Waals surface area contributed by atoms with E-state index in [0.29, 0.717) is 6.10 Å². The zero-order valence-corrected chi connectivity index (χ0v) is 21.3. The molecular weight excluding hydrogens is 412 g/mol. The Kier molecular flexibility index (Phi) is 12.0. The van der Waals surface area contributed by atoms with E-state index in [1.165, 1.54) is 52.8 Å². The molecule has 0 N–H and O–H groups in total. The van der Waals surface area contributed by atoms with Crippen molar-refractivity contribution in [2.45, 2.75) is 101 Å². The van der Waals surface area contributed by atoms with Gasteiger partial charge in [0.15, 0.2) is 5.78 Å². The van der Waals surface area contributed by atoms with Crippen LogP contribution in [0.1, 0.15) is 112 Å². The summed E-state index contributed by atoms with van der Waals surface area (Å²) in [5, 5.41) is 0. The van der Waals surface area contributed by atoms with Gasteiger partial charge in [0.05, 0.1) is 11.0 Å². The standard InChI is InChI=1S/C26H34O2S.C2H6.CH4/c1-6-17(3)26(27)25-15-19(5)24(29-25)16-20(7-2)23-13-12-22(14-18(23)4)28-21-10-8-9-11-21;1-2;/h12-17,21H,6-11H2,1-5H3;1-2H3;1H4/b20-16+;;. The molecule has 32 heavy (non-hydrogen) atoms. The van der Waals surface area contributed by atoms with E-state index >= 15 is 0 Å². The lowest BCUT2D eigenvalue weighted by Crippen LogP contribution is -2.10. The summed E-state index contributed by atoms with van der Waals surface area (Å²) in [7, 11) is 0. The second-order valence-corrected chi connectivity index (χ2v) is 9.44. The van der Waals surface area contributed by atoms with Gasteiger partial charge in [0.1, 0.15) is 5.75 Å². The average molecular weight is 457 g/mol. The molecule has 3 rings (SSSR count). The maximum Gasteiger partial charge on any atom is 0.175 e. The molecule has 0 bridgehead atoms. The zero-order chi connectivity index (χ0) is 23.0. The first-order chi connectivity index (χ1) is 14.9. The number of benzene rings is 1. The first-order valence-electron chi connectivity index (χ1n) is 12.1. The molecule has 0 spiro atoms. The van der Waals surface area contributed by atoms with Crippen LogP contribution < -0.4 is 4.74 Å². The van der Waals surface area contributed by atoms with Gasteiger partial charge in [0, 0.05) is 10.8 Å². The Hall–Kier alpha value is -1.87. The van der Waals surface area contributed by atoms with Crippen LogP contribution in [0, 0.1) is 19.8 Å². The fraction of sp³-hybridized carbons (Fsp3) is 0.552. The van der Waals surface area contributed by atoms with E-state index in [2.05, 4.69) is 58.0 Å². The van der Waals surface area contributed by atoms with Crippen molar-refractivity contribution in [3.63, 3.8) is 0 Å². The highest BCUT2D eigenvalue weighted by atomic mass is 32.1. The number of ketones is 1. The number of carbonyl (C=O) groups excluding carboxylic acids is 1. The van der Waals surface area contributed by atoms with E-state index in [-0.39, 0.29) is 19.1 Å². The molecule has 2 nitrogen and oxygen atoms in total. The van der Waals surface area contributed by atoms with Crippen molar-refractivity contribution in [1.82, 2.24) is 0 Å². The SMILES string of the molecule is C.CC.CC/C(=C\c1sc(C(=O)C(C)CC)cc1C)c1ccc(OC2CCCC2)cc1C. The predicted octanol–water partition coefficient (Wildman–Crippen LogP) is 9.53. The van der Waals surface area contributed by atoms with Gasteiger partial charge in [-0.05, 0) is 98.9 Å². The largest absolute Gasteiger partial charge is 0.490 e. The summed E-state index contributed by atoms with van der Waals surface area (Å²) in [6, 6.07) is 8.55. The van der Waals surface area contributed by atoms with Crippen LogP contribution in [-0.4, -0.2) is 11.9 Å². The lowest BCUT2D eigenvalue weighted by Gasteiger charge is -2.16. The van der Waals surface area contributed by atoms with E-state index in [1.54, 1.807) is 11.3 Å². The molecule has 1 aromatic carbocycles. The highest BCUT2D eigenvalue weighted by Crippen LogP contribution is 2.33. The van der Waals surface area contributed by atoms with Gasteiger partial charge in [-0.3, -0.25) is 4.79 Å². The molecule has 1 aliphatic rings. The van der Waals surface area contributed by atoms with Gasteiger partial charge in [-0.25, -0.2) is 0 Å². The predicted molar refractivity (Wildman–Crippen MR) is 143 cm³/mol. The lowest BCUT2D eigenvalue weighted by atomic mass is 9.97. The summed E-state index contributed by atoms with van der Waals surface area (Å²) in [5.74, 6) is 1.34. The number of allylic oxidation sites excluding steroid dienone is 1. The van der Waals surface area contributed by atoms with Gasteiger partial charge in [0.25, 0.3) is 0 Å². The van der Waals surface area contributed by atoms with Crippen LogP contribution in [-0.2, 0) is 0 Å². The second kappa shape index (κ2) is 13.6. The van der Waals surface area contributed by atoms with Gasteiger partial charge in [-0.1, -0.05) is 48.1 Å². The first-order valence-corrected chi connectivity index (χ1v) is 12.9. The summed E-state index contributed by atoms with van der Waals surface area (Å²) in [5.41, 5.74) is 5.02. The minimum absolute atomic E-state index is 0. The second-order valence-electron chi connectivity index (χ2n) is 8.36. The molecule has 1 unspecified atom stereocenters. The Morgan fingerprint density at radius 2 is 1.78 bits per heavy atom. The molecule has 1 atom stereocenters. The number of hydrogen-bond acceptors (Lipinski definition) is 3. The minimum Gasteiger partial charge on any atom is -0.490 e. The van der Waals surface area contributed by atoms with Crippen LogP contribution in [0.4, 0.5) is 0 Å². The summed E-state index contributed by atoms with van der Waals surface area (Å²) < 4.78 is 6.17. The van der Waals surface area contributed by atoms with E-state index in [9.17, 15) is 4.79 Å². The summed E-state index contributed by atoms with van der Waals surface area (Å²) in [6.45, 7) is 14.6. The van der Waals surface area contributed by atoms with Gasteiger partial charge < -0.3 is 4.74 Å². The van der Waals surface area contributed by atoms with E-state index in [0.717, 1.165) is 23.5 Å². The smallest absolute Gasteiger partial charge is 0.175 e. The minimum atomic E-state index is 0. The molecule has 3 heteroatoms. The highest BCUT2D eigenvalue weighted by molar-refractivity contribution is 7.15. The quantitative estimate of drug-likeness (QED) is 0.370. The molecule has 2 aromatic rings. The van der Waals surface area contributed by atoms with Gasteiger partial charge in [-0.15, -0.1) is 11.3 Å². The molecular formula is C29H44O2S. The molecule has 0 aliphatic heterocycles. The molecule has 1 saturated carbocycles. The van der Waals surface area contributed by atoms with Crippen LogP contribution in [0.2, 0.25) is 0 Å². The first kappa shape index (κ1) is 28.2. The van der Waals surface area contributed by atoms with Crippen molar-refractivity contribution < 1.29 is 9.53 Å². The van der Waals surface area contributed by atoms with E-state index < -0.39 is 0 Å². The fourth-order valence-corrected chi connectivity index (χ4v) is 5.18. The maximum absolute atomic E-state index is 12.6. The number of Topliss-reactive ketones (excluding diaryl/α,β-unsaturated/α-hetero) is 1.